The number of thiophene rings is 1. The highest BCUT2D eigenvalue weighted by Gasteiger charge is 2.15. The van der Waals surface area contributed by atoms with Crippen molar-refractivity contribution >= 4 is 23.3 Å². The Kier molecular flexibility index (Phi) is 3.15. The molecule has 1 aromatic heterocycles. The van der Waals surface area contributed by atoms with E-state index in [2.05, 4.69) is 0 Å². The van der Waals surface area contributed by atoms with Crippen LogP contribution in [0.2, 0.25) is 0 Å². The van der Waals surface area contributed by atoms with Crippen LogP contribution in [0.3, 0.4) is 0 Å². The Morgan fingerprint density at radius 3 is 2.65 bits per heavy atom. The summed E-state index contributed by atoms with van der Waals surface area (Å²) in [6, 6.07) is 9.29. The number of carbonyl (C=O) groups is 1. The van der Waals surface area contributed by atoms with Crippen molar-refractivity contribution in [3.8, 4) is 10.8 Å². The summed E-state index contributed by atoms with van der Waals surface area (Å²) in [4.78, 5) is 21.2. The molecule has 86 valence electrons. The monoisotopic (exact) mass is 249 g/mol. The van der Waals surface area contributed by atoms with E-state index in [0.29, 0.717) is 16.2 Å². The average molecular weight is 249 g/mol. The second-order valence-corrected chi connectivity index (χ2v) is 4.18. The Morgan fingerprint density at radius 1 is 1.24 bits per heavy atom. The normalized spacial score (nSPS) is 9.88. The van der Waals surface area contributed by atoms with Crippen molar-refractivity contribution in [1.29, 1.82) is 0 Å². The van der Waals surface area contributed by atoms with Crippen molar-refractivity contribution in [2.45, 2.75) is 0 Å². The first kappa shape index (κ1) is 11.3. The van der Waals surface area contributed by atoms with Crippen molar-refractivity contribution in [2.24, 2.45) is 0 Å². The SMILES string of the molecule is O=Cc1ccc(Oc2ccccc2[N+](=O)[O-])s1. The van der Waals surface area contributed by atoms with E-state index in [9.17, 15) is 14.9 Å². The minimum absolute atomic E-state index is 0.103. The lowest BCUT2D eigenvalue weighted by Gasteiger charge is -2.02. The molecule has 0 amide bonds. The second kappa shape index (κ2) is 4.75. The zero-order valence-corrected chi connectivity index (χ0v) is 9.35. The predicted octanol–water partition coefficient (Wildman–Crippen LogP) is 3.26. The van der Waals surface area contributed by atoms with Gasteiger partial charge in [0.25, 0.3) is 0 Å². The summed E-state index contributed by atoms with van der Waals surface area (Å²) >= 11 is 1.14. The molecule has 1 aromatic carbocycles. The van der Waals surface area contributed by atoms with Gasteiger partial charge in [0.1, 0.15) is 0 Å². The molecule has 0 atom stereocenters. The number of benzene rings is 1. The molecule has 5 nitrogen and oxygen atoms in total. The predicted molar refractivity (Wildman–Crippen MR) is 62.9 cm³/mol. The van der Waals surface area contributed by atoms with Crippen LogP contribution in [-0.2, 0) is 0 Å². The van der Waals surface area contributed by atoms with Gasteiger partial charge >= 0.3 is 5.69 Å². The molecular weight excluding hydrogens is 242 g/mol. The van der Waals surface area contributed by atoms with Crippen LogP contribution in [-0.4, -0.2) is 11.2 Å². The first-order valence-electron chi connectivity index (χ1n) is 4.67. The summed E-state index contributed by atoms with van der Waals surface area (Å²) < 4.78 is 5.37. The Morgan fingerprint density at radius 2 is 2.00 bits per heavy atom. The third kappa shape index (κ3) is 2.48. The summed E-state index contributed by atoms with van der Waals surface area (Å²) in [5.74, 6) is 0.164. The van der Waals surface area contributed by atoms with Gasteiger partial charge in [0.05, 0.1) is 9.80 Å². The van der Waals surface area contributed by atoms with Crippen LogP contribution in [0.5, 0.6) is 10.8 Å². The minimum Gasteiger partial charge on any atom is -0.439 e. The van der Waals surface area contributed by atoms with Crippen LogP contribution in [0.4, 0.5) is 5.69 Å². The molecule has 1 heterocycles. The number of ether oxygens (including phenoxy) is 1. The Hall–Kier alpha value is -2.21. The van der Waals surface area contributed by atoms with Crippen LogP contribution in [0.1, 0.15) is 9.67 Å². The molecule has 17 heavy (non-hydrogen) atoms. The highest BCUT2D eigenvalue weighted by atomic mass is 32.1. The maximum Gasteiger partial charge on any atom is 0.311 e. The Bertz CT molecular complexity index is 564. The van der Waals surface area contributed by atoms with E-state index in [4.69, 9.17) is 4.74 Å². The topological polar surface area (TPSA) is 69.4 Å². The second-order valence-electron chi connectivity index (χ2n) is 3.10. The molecule has 0 aliphatic heterocycles. The number of nitro groups is 1. The summed E-state index contributed by atoms with van der Waals surface area (Å²) in [6.07, 6.45) is 0.705. The van der Waals surface area contributed by atoms with Crippen LogP contribution >= 0.6 is 11.3 Å². The summed E-state index contributed by atoms with van der Waals surface area (Å²) in [7, 11) is 0. The standard InChI is InChI=1S/C11H7NO4S/c13-7-8-5-6-11(17-8)16-10-4-2-1-3-9(10)12(14)15/h1-7H. The molecule has 0 bridgehead atoms. The van der Waals surface area contributed by atoms with Gasteiger partial charge in [0.2, 0.25) is 5.75 Å². The maximum absolute atomic E-state index is 10.7. The first-order valence-corrected chi connectivity index (χ1v) is 5.48. The van der Waals surface area contributed by atoms with Gasteiger partial charge < -0.3 is 4.74 Å². The number of nitro benzene ring substituents is 1. The molecule has 0 N–H and O–H groups in total. The molecule has 0 aliphatic carbocycles. The van der Waals surface area contributed by atoms with Gasteiger partial charge in [-0.2, -0.15) is 0 Å². The Labute approximate surface area is 100 Å². The van der Waals surface area contributed by atoms with Crippen molar-refractivity contribution in [2.75, 3.05) is 0 Å². The van der Waals surface area contributed by atoms with Crippen molar-refractivity contribution < 1.29 is 14.5 Å². The fourth-order valence-corrected chi connectivity index (χ4v) is 1.94. The van der Waals surface area contributed by atoms with Crippen molar-refractivity contribution in [3.63, 3.8) is 0 Å². The smallest absolute Gasteiger partial charge is 0.311 e. The molecule has 6 heteroatoms. The van der Waals surface area contributed by atoms with Crippen LogP contribution in [0, 0.1) is 10.1 Å². The zero-order chi connectivity index (χ0) is 12.3. The molecule has 0 radical (unpaired) electrons. The van der Waals surface area contributed by atoms with Crippen LogP contribution in [0.25, 0.3) is 0 Å². The number of aldehydes is 1. The fraction of sp³-hybridized carbons (Fsp3) is 0. The number of rotatable bonds is 4. The van der Waals surface area contributed by atoms with Gasteiger partial charge in [-0.25, -0.2) is 0 Å². The van der Waals surface area contributed by atoms with E-state index in [0.717, 1.165) is 11.3 Å². The molecule has 0 saturated heterocycles. The fourth-order valence-electron chi connectivity index (χ4n) is 1.26. The number of hydrogen-bond acceptors (Lipinski definition) is 5. The minimum atomic E-state index is -0.510. The van der Waals surface area contributed by atoms with E-state index in [1.807, 2.05) is 0 Å². The third-order valence-corrected chi connectivity index (χ3v) is 2.88. The van der Waals surface area contributed by atoms with E-state index in [1.54, 1.807) is 24.3 Å². The molecule has 0 saturated carbocycles. The lowest BCUT2D eigenvalue weighted by Crippen LogP contribution is -1.91. The van der Waals surface area contributed by atoms with Gasteiger partial charge in [-0.1, -0.05) is 23.5 Å². The molecule has 0 fully saturated rings. The van der Waals surface area contributed by atoms with Crippen molar-refractivity contribution in [1.82, 2.24) is 0 Å². The van der Waals surface area contributed by atoms with Crippen LogP contribution in [0.15, 0.2) is 36.4 Å². The van der Waals surface area contributed by atoms with Crippen LogP contribution < -0.4 is 4.74 Å². The quantitative estimate of drug-likeness (QED) is 0.473. The van der Waals surface area contributed by atoms with E-state index >= 15 is 0 Å². The zero-order valence-electron chi connectivity index (χ0n) is 8.53. The lowest BCUT2D eigenvalue weighted by molar-refractivity contribution is -0.385. The van der Waals surface area contributed by atoms with Crippen molar-refractivity contribution in [3.05, 3.63) is 51.4 Å². The van der Waals surface area contributed by atoms with Gasteiger partial charge in [-0.05, 0) is 18.2 Å². The van der Waals surface area contributed by atoms with Gasteiger partial charge in [-0.3, -0.25) is 14.9 Å². The number of hydrogen-bond donors (Lipinski definition) is 0. The molecule has 2 rings (SSSR count). The number of carbonyl (C=O) groups excluding carboxylic acids is 1. The van der Waals surface area contributed by atoms with E-state index in [-0.39, 0.29) is 11.4 Å². The van der Waals surface area contributed by atoms with E-state index < -0.39 is 4.92 Å². The molecular formula is C11H7NO4S. The van der Waals surface area contributed by atoms with Gasteiger partial charge in [0, 0.05) is 6.07 Å². The lowest BCUT2D eigenvalue weighted by atomic mass is 10.3. The summed E-state index contributed by atoms with van der Waals surface area (Å²) in [5, 5.41) is 11.2. The Balaban J connectivity index is 2.29. The van der Waals surface area contributed by atoms with Gasteiger partial charge in [-0.15, -0.1) is 0 Å². The third-order valence-electron chi connectivity index (χ3n) is 1.99. The summed E-state index contributed by atoms with van der Waals surface area (Å²) in [6.45, 7) is 0. The highest BCUT2D eigenvalue weighted by molar-refractivity contribution is 7.15. The molecule has 2 aromatic rings. The largest absolute Gasteiger partial charge is 0.439 e. The van der Waals surface area contributed by atoms with Gasteiger partial charge in [0.15, 0.2) is 11.3 Å². The average Bonchev–Trinajstić information content (AvgIpc) is 2.77. The highest BCUT2D eigenvalue weighted by Crippen LogP contribution is 2.34. The molecule has 0 aliphatic rings. The summed E-state index contributed by atoms with van der Waals surface area (Å²) in [5.41, 5.74) is -0.103. The molecule has 0 spiro atoms. The first-order chi connectivity index (χ1) is 8.20. The number of nitrogens with zero attached hydrogens (tertiary/aromatic N) is 1. The number of para-hydroxylation sites is 2. The molecule has 0 unspecified atom stereocenters. The maximum atomic E-state index is 10.7. The van der Waals surface area contributed by atoms with E-state index in [1.165, 1.54) is 12.1 Å².